The molecule has 0 aromatic carbocycles. The first-order valence-electron chi connectivity index (χ1n) is 4.31. The number of thiol groups is 1. The van der Waals surface area contributed by atoms with Gasteiger partial charge < -0.3 is 4.79 Å². The first-order valence-corrected chi connectivity index (χ1v) is 4.83. The van der Waals surface area contributed by atoms with Gasteiger partial charge in [0.25, 0.3) is 0 Å². The zero-order chi connectivity index (χ0) is 9.23. The Bertz CT molecular complexity index is 153. The molecule has 2 nitrogen and oxygen atoms in total. The third-order valence-electron chi connectivity index (χ3n) is 1.70. The average Bonchev–Trinajstić information content (AvgIpc) is 2.10. The fourth-order valence-electron chi connectivity index (χ4n) is 0.979. The fourth-order valence-corrected chi connectivity index (χ4v) is 1.16. The third kappa shape index (κ3) is 7.62. The second kappa shape index (κ2) is 8.61. The number of nitriles is 1. The maximum Gasteiger partial charge on any atom is 0.132 e. The van der Waals surface area contributed by atoms with Crippen molar-refractivity contribution in [3.8, 4) is 6.07 Å². The number of nitrogens with zero attached hydrogens (tertiary/aromatic N) is 1. The summed E-state index contributed by atoms with van der Waals surface area (Å²) in [6.07, 6.45) is 6.60. The van der Waals surface area contributed by atoms with Crippen molar-refractivity contribution < 1.29 is 4.79 Å². The summed E-state index contributed by atoms with van der Waals surface area (Å²) >= 11 is 4.05. The highest BCUT2D eigenvalue weighted by atomic mass is 32.1. The van der Waals surface area contributed by atoms with Crippen molar-refractivity contribution in [2.45, 2.75) is 43.8 Å². The highest BCUT2D eigenvalue weighted by Gasteiger charge is 1.98. The van der Waals surface area contributed by atoms with E-state index in [-0.39, 0.29) is 5.25 Å². The summed E-state index contributed by atoms with van der Waals surface area (Å²) in [5.41, 5.74) is 0. The van der Waals surface area contributed by atoms with Crippen LogP contribution in [0.5, 0.6) is 0 Å². The van der Waals surface area contributed by atoms with Gasteiger partial charge in [-0.3, -0.25) is 0 Å². The molecule has 0 radical (unpaired) electrons. The van der Waals surface area contributed by atoms with Gasteiger partial charge in [-0.05, 0) is 12.8 Å². The molecule has 0 amide bonds. The van der Waals surface area contributed by atoms with E-state index in [1.807, 2.05) is 0 Å². The highest BCUT2D eigenvalue weighted by molar-refractivity contribution is 7.81. The summed E-state index contributed by atoms with van der Waals surface area (Å²) in [5.74, 6) is 0. The van der Waals surface area contributed by atoms with Gasteiger partial charge in [0, 0.05) is 6.42 Å². The Kier molecular flexibility index (Phi) is 8.25. The molecule has 0 heterocycles. The third-order valence-corrected chi connectivity index (χ3v) is 2.08. The predicted molar refractivity (Wildman–Crippen MR) is 52.2 cm³/mol. The lowest BCUT2D eigenvalue weighted by Gasteiger charge is -2.01. The van der Waals surface area contributed by atoms with Crippen LogP contribution in [-0.2, 0) is 4.79 Å². The van der Waals surface area contributed by atoms with Gasteiger partial charge in [-0.2, -0.15) is 17.9 Å². The van der Waals surface area contributed by atoms with Crippen molar-refractivity contribution in [2.24, 2.45) is 0 Å². The van der Waals surface area contributed by atoms with Gasteiger partial charge in [0.15, 0.2) is 0 Å². The maximum atomic E-state index is 10.2. The molecule has 3 heteroatoms. The van der Waals surface area contributed by atoms with E-state index in [1.165, 1.54) is 0 Å². The van der Waals surface area contributed by atoms with Gasteiger partial charge in [0.05, 0.1) is 11.3 Å². The van der Waals surface area contributed by atoms with Crippen molar-refractivity contribution in [3.63, 3.8) is 0 Å². The number of aldehydes is 1. The number of rotatable bonds is 7. The molecule has 0 saturated carbocycles. The van der Waals surface area contributed by atoms with Gasteiger partial charge in [0.1, 0.15) is 6.29 Å². The van der Waals surface area contributed by atoms with Crippen LogP contribution < -0.4 is 0 Å². The highest BCUT2D eigenvalue weighted by Crippen LogP contribution is 2.08. The molecular formula is C9H15NOS. The molecule has 0 aliphatic rings. The lowest BCUT2D eigenvalue weighted by molar-refractivity contribution is -0.107. The van der Waals surface area contributed by atoms with E-state index in [4.69, 9.17) is 5.26 Å². The summed E-state index contributed by atoms with van der Waals surface area (Å²) < 4.78 is 0. The molecule has 0 bridgehead atoms. The largest absolute Gasteiger partial charge is 0.302 e. The molecule has 0 rings (SSSR count). The minimum Gasteiger partial charge on any atom is -0.302 e. The molecule has 1 unspecified atom stereocenters. The zero-order valence-electron chi connectivity index (χ0n) is 7.20. The maximum absolute atomic E-state index is 10.2. The monoisotopic (exact) mass is 185 g/mol. The lowest BCUT2D eigenvalue weighted by atomic mass is 10.1. The van der Waals surface area contributed by atoms with Crippen LogP contribution in [0.3, 0.4) is 0 Å². The SMILES string of the molecule is N#CCCCCCCC(S)C=O. The first kappa shape index (κ1) is 11.5. The topological polar surface area (TPSA) is 40.9 Å². The quantitative estimate of drug-likeness (QED) is 0.376. The molecule has 0 spiro atoms. The van der Waals surface area contributed by atoms with Crippen molar-refractivity contribution in [1.29, 1.82) is 5.26 Å². The standard InChI is InChI=1S/C9H15NOS/c10-7-5-3-1-2-4-6-9(12)8-11/h8-9,12H,1-6H2. The van der Waals surface area contributed by atoms with E-state index in [0.717, 1.165) is 38.4 Å². The van der Waals surface area contributed by atoms with E-state index in [0.29, 0.717) is 6.42 Å². The van der Waals surface area contributed by atoms with Gasteiger partial charge in [0.2, 0.25) is 0 Å². The number of unbranched alkanes of at least 4 members (excludes halogenated alkanes) is 4. The van der Waals surface area contributed by atoms with Crippen LogP contribution in [0.2, 0.25) is 0 Å². The number of carbonyl (C=O) groups excluding carboxylic acids is 1. The average molecular weight is 185 g/mol. The van der Waals surface area contributed by atoms with Crippen LogP contribution in [0.25, 0.3) is 0 Å². The Morgan fingerprint density at radius 1 is 1.33 bits per heavy atom. The predicted octanol–water partition coefficient (Wildman–Crippen LogP) is 2.35. The Hall–Kier alpha value is -0.490. The lowest BCUT2D eigenvalue weighted by Crippen LogP contribution is -1.98. The van der Waals surface area contributed by atoms with E-state index >= 15 is 0 Å². The Labute approximate surface area is 79.4 Å². The van der Waals surface area contributed by atoms with E-state index in [1.54, 1.807) is 0 Å². The normalized spacial score (nSPS) is 12.0. The molecular weight excluding hydrogens is 170 g/mol. The summed E-state index contributed by atoms with van der Waals surface area (Å²) in [6.45, 7) is 0. The van der Waals surface area contributed by atoms with Crippen molar-refractivity contribution in [1.82, 2.24) is 0 Å². The Morgan fingerprint density at radius 2 is 2.00 bits per heavy atom. The molecule has 0 saturated heterocycles. The van der Waals surface area contributed by atoms with Crippen molar-refractivity contribution >= 4 is 18.9 Å². The number of carbonyl (C=O) groups is 1. The summed E-state index contributed by atoms with van der Waals surface area (Å²) in [4.78, 5) is 10.2. The molecule has 0 aromatic heterocycles. The number of hydrogen-bond acceptors (Lipinski definition) is 3. The van der Waals surface area contributed by atoms with E-state index in [9.17, 15) is 4.79 Å². The van der Waals surface area contributed by atoms with E-state index in [2.05, 4.69) is 18.7 Å². The molecule has 1 atom stereocenters. The smallest absolute Gasteiger partial charge is 0.132 e. The van der Waals surface area contributed by atoms with Crippen LogP contribution in [0.15, 0.2) is 0 Å². The second-order valence-electron chi connectivity index (χ2n) is 2.81. The zero-order valence-corrected chi connectivity index (χ0v) is 8.09. The molecule has 12 heavy (non-hydrogen) atoms. The fraction of sp³-hybridized carbons (Fsp3) is 0.778. The van der Waals surface area contributed by atoms with E-state index < -0.39 is 0 Å². The summed E-state index contributed by atoms with van der Waals surface area (Å²) in [6, 6.07) is 2.11. The minimum atomic E-state index is -0.0963. The summed E-state index contributed by atoms with van der Waals surface area (Å²) in [5, 5.41) is 8.14. The molecule has 0 aromatic rings. The Balaban J connectivity index is 3.01. The molecule has 0 aliphatic heterocycles. The van der Waals surface area contributed by atoms with Crippen LogP contribution >= 0.6 is 12.6 Å². The molecule has 0 fully saturated rings. The van der Waals surface area contributed by atoms with Gasteiger partial charge in [-0.1, -0.05) is 19.3 Å². The first-order chi connectivity index (χ1) is 5.81. The minimum absolute atomic E-state index is 0.0963. The van der Waals surface area contributed by atoms with Crippen LogP contribution in [0, 0.1) is 11.3 Å². The summed E-state index contributed by atoms with van der Waals surface area (Å²) in [7, 11) is 0. The van der Waals surface area contributed by atoms with Crippen molar-refractivity contribution in [3.05, 3.63) is 0 Å². The number of hydrogen-bond donors (Lipinski definition) is 1. The van der Waals surface area contributed by atoms with Gasteiger partial charge in [-0.25, -0.2) is 0 Å². The second-order valence-corrected chi connectivity index (χ2v) is 3.48. The van der Waals surface area contributed by atoms with Crippen LogP contribution in [0.4, 0.5) is 0 Å². The Morgan fingerprint density at radius 3 is 2.58 bits per heavy atom. The molecule has 0 N–H and O–H groups in total. The molecule has 0 aliphatic carbocycles. The van der Waals surface area contributed by atoms with Crippen molar-refractivity contribution in [2.75, 3.05) is 0 Å². The molecule has 68 valence electrons. The van der Waals surface area contributed by atoms with Gasteiger partial charge in [-0.15, -0.1) is 0 Å². The van der Waals surface area contributed by atoms with Gasteiger partial charge >= 0.3 is 0 Å². The van der Waals surface area contributed by atoms with Crippen LogP contribution in [0.1, 0.15) is 38.5 Å². The van der Waals surface area contributed by atoms with Crippen LogP contribution in [-0.4, -0.2) is 11.5 Å².